The highest BCUT2D eigenvalue weighted by Crippen LogP contribution is 1.95. The molecule has 0 bridgehead atoms. The Kier molecular flexibility index (Phi) is 1.61. The molecule has 1 N–H and O–H groups in total. The minimum Gasteiger partial charge on any atom is -0.239 e. The second kappa shape index (κ2) is 2.63. The lowest BCUT2D eigenvalue weighted by molar-refractivity contribution is 0.951. The molecule has 0 aliphatic carbocycles. The summed E-state index contributed by atoms with van der Waals surface area (Å²) >= 11 is 0. The van der Waals surface area contributed by atoms with Gasteiger partial charge in [0, 0.05) is 11.5 Å². The van der Waals surface area contributed by atoms with Gasteiger partial charge in [0.2, 0.25) is 5.65 Å². The molecule has 2 aromatic heterocycles. The fraction of sp³-hybridized carbons (Fsp3) is 0.333. The van der Waals surface area contributed by atoms with Gasteiger partial charge in [-0.1, -0.05) is 18.3 Å². The van der Waals surface area contributed by atoms with E-state index >= 15 is 0 Å². The summed E-state index contributed by atoms with van der Waals surface area (Å²) in [5, 5.41) is 11.2. The number of fused-ring (bicyclic) bond motifs is 1. The molecule has 0 aliphatic heterocycles. The van der Waals surface area contributed by atoms with E-state index in [1.807, 2.05) is 0 Å². The molecule has 0 unspecified atom stereocenters. The normalized spacial score (nSPS) is 11.2. The highest BCUT2D eigenvalue weighted by Gasteiger charge is 2.05. The first-order chi connectivity index (χ1) is 5.77. The van der Waals surface area contributed by atoms with Gasteiger partial charge < -0.3 is 0 Å². The van der Waals surface area contributed by atoms with Crippen LogP contribution in [0.1, 0.15) is 0 Å². The van der Waals surface area contributed by atoms with E-state index in [1.165, 1.54) is 0 Å². The van der Waals surface area contributed by atoms with Crippen molar-refractivity contribution in [1.29, 1.82) is 0 Å². The Morgan fingerprint density at radius 1 is 1.42 bits per heavy atom. The molecular weight excluding hydrogens is 170 g/mol. The van der Waals surface area contributed by atoms with Crippen molar-refractivity contribution >= 4 is 25.4 Å². The van der Waals surface area contributed by atoms with E-state index in [2.05, 4.69) is 38.5 Å². The van der Waals surface area contributed by atoms with Gasteiger partial charge in [-0.25, -0.2) is 15.1 Å². The first-order valence-electron chi connectivity index (χ1n) is 3.81. The third-order valence-corrected chi connectivity index (χ3v) is 3.13. The number of aromatic nitrogens is 5. The smallest absolute Gasteiger partial charge is 0.220 e. The second-order valence-electron chi connectivity index (χ2n) is 2.93. The van der Waals surface area contributed by atoms with Crippen LogP contribution < -0.4 is 5.32 Å². The molecule has 0 amide bonds. The monoisotopic (exact) mass is 179 g/mol. The summed E-state index contributed by atoms with van der Waals surface area (Å²) in [6.07, 6.45) is 1.80. The fourth-order valence-corrected chi connectivity index (χ4v) is 1.69. The van der Waals surface area contributed by atoms with Crippen LogP contribution in [0.2, 0.25) is 13.1 Å². The number of hydrogen-bond donors (Lipinski definition) is 1. The Hall–Kier alpha value is -1.30. The minimum absolute atomic E-state index is 0.619. The van der Waals surface area contributed by atoms with Crippen LogP contribution in [0.15, 0.2) is 6.20 Å². The topological polar surface area (TPSA) is 67.3 Å². The third kappa shape index (κ3) is 1.09. The Balaban J connectivity index is 2.60. The molecule has 2 rings (SSSR count). The molecule has 12 heavy (non-hydrogen) atoms. The van der Waals surface area contributed by atoms with Gasteiger partial charge >= 0.3 is 0 Å². The van der Waals surface area contributed by atoms with Gasteiger partial charge in [-0.3, -0.25) is 0 Å². The van der Waals surface area contributed by atoms with E-state index < -0.39 is 8.80 Å². The molecule has 6 heteroatoms. The van der Waals surface area contributed by atoms with E-state index in [9.17, 15) is 0 Å². The van der Waals surface area contributed by atoms with Crippen molar-refractivity contribution in [3.8, 4) is 0 Å². The zero-order valence-corrected chi connectivity index (χ0v) is 8.10. The number of aromatic amines is 1. The van der Waals surface area contributed by atoms with E-state index in [0.29, 0.717) is 11.3 Å². The third-order valence-electron chi connectivity index (χ3n) is 1.66. The van der Waals surface area contributed by atoms with Gasteiger partial charge in [-0.05, 0) is 0 Å². The molecule has 0 fully saturated rings. The zero-order chi connectivity index (χ0) is 8.55. The average molecular weight is 179 g/mol. The van der Waals surface area contributed by atoms with Gasteiger partial charge in [0.1, 0.15) is 0 Å². The molecule has 62 valence electrons. The summed E-state index contributed by atoms with van der Waals surface area (Å²) in [7, 11) is -0.867. The fourth-order valence-electron chi connectivity index (χ4n) is 0.939. The summed E-state index contributed by atoms with van der Waals surface area (Å²) in [6.45, 7) is 4.41. The number of H-pyrrole nitrogens is 1. The molecule has 0 atom stereocenters. The lowest BCUT2D eigenvalue weighted by Crippen LogP contribution is -2.26. The van der Waals surface area contributed by atoms with Crippen molar-refractivity contribution in [2.75, 3.05) is 0 Å². The van der Waals surface area contributed by atoms with Crippen LogP contribution in [0.4, 0.5) is 0 Å². The molecule has 2 aromatic rings. The largest absolute Gasteiger partial charge is 0.239 e. The van der Waals surface area contributed by atoms with Crippen LogP contribution in [0.5, 0.6) is 0 Å². The maximum Gasteiger partial charge on any atom is 0.220 e. The van der Waals surface area contributed by atoms with Crippen molar-refractivity contribution < 1.29 is 0 Å². The molecule has 0 radical (unpaired) electrons. The molecule has 2 heterocycles. The van der Waals surface area contributed by atoms with Crippen LogP contribution in [-0.4, -0.2) is 34.2 Å². The van der Waals surface area contributed by atoms with Crippen LogP contribution in [0.25, 0.3) is 11.3 Å². The molecule has 0 saturated heterocycles. The number of hydrogen-bond acceptors (Lipinski definition) is 4. The standard InChI is InChI=1S/C6H9N5Si/c1-12(2)4-3-7-5-6(8-4)10-11-9-5/h3,12H,1-2H3,(H,7,8,9,10,11). The van der Waals surface area contributed by atoms with Crippen molar-refractivity contribution in [3.63, 3.8) is 0 Å². The van der Waals surface area contributed by atoms with Gasteiger partial charge in [-0.2, -0.15) is 0 Å². The predicted octanol–water partition coefficient (Wildman–Crippen LogP) is -0.558. The van der Waals surface area contributed by atoms with E-state index in [4.69, 9.17) is 0 Å². The zero-order valence-electron chi connectivity index (χ0n) is 6.94. The van der Waals surface area contributed by atoms with E-state index in [0.717, 1.165) is 5.32 Å². The summed E-state index contributed by atoms with van der Waals surface area (Å²) in [5.74, 6) is 0. The molecule has 0 aliphatic rings. The Labute approximate surface area is 70.8 Å². The lowest BCUT2D eigenvalue weighted by Gasteiger charge is -1.99. The van der Waals surface area contributed by atoms with Crippen LogP contribution in [-0.2, 0) is 0 Å². The summed E-state index contributed by atoms with van der Waals surface area (Å²) < 4.78 is 0. The quantitative estimate of drug-likeness (QED) is 0.596. The molecular formula is C6H9N5Si. The predicted molar refractivity (Wildman–Crippen MR) is 48.0 cm³/mol. The average Bonchev–Trinajstić information content (AvgIpc) is 2.49. The SMILES string of the molecule is C[SiH](C)c1cnc2[nH]nnc2n1. The van der Waals surface area contributed by atoms with Crippen LogP contribution >= 0.6 is 0 Å². The van der Waals surface area contributed by atoms with E-state index in [-0.39, 0.29) is 0 Å². The van der Waals surface area contributed by atoms with Crippen molar-refractivity contribution in [3.05, 3.63) is 6.20 Å². The van der Waals surface area contributed by atoms with Crippen molar-refractivity contribution in [2.45, 2.75) is 13.1 Å². The van der Waals surface area contributed by atoms with E-state index in [1.54, 1.807) is 6.20 Å². The first-order valence-corrected chi connectivity index (χ1v) is 6.70. The molecule has 5 nitrogen and oxygen atoms in total. The number of nitrogens with one attached hydrogen (secondary N) is 1. The Bertz CT molecular complexity index is 395. The molecule has 0 saturated carbocycles. The minimum atomic E-state index is -0.867. The second-order valence-corrected chi connectivity index (χ2v) is 5.83. The lowest BCUT2D eigenvalue weighted by atomic mass is 10.7. The van der Waals surface area contributed by atoms with Gasteiger partial charge in [0.25, 0.3) is 0 Å². The molecule has 0 spiro atoms. The highest BCUT2D eigenvalue weighted by molar-refractivity contribution is 6.69. The maximum atomic E-state index is 4.33. The Morgan fingerprint density at radius 3 is 3.00 bits per heavy atom. The van der Waals surface area contributed by atoms with Crippen molar-refractivity contribution in [1.82, 2.24) is 25.4 Å². The van der Waals surface area contributed by atoms with Crippen LogP contribution in [0, 0.1) is 0 Å². The maximum absolute atomic E-state index is 4.33. The Morgan fingerprint density at radius 2 is 2.25 bits per heavy atom. The first kappa shape index (κ1) is 7.35. The molecule has 0 aromatic carbocycles. The van der Waals surface area contributed by atoms with Gasteiger partial charge in [0.05, 0.1) is 8.80 Å². The summed E-state index contributed by atoms with van der Waals surface area (Å²) in [6, 6.07) is 0. The highest BCUT2D eigenvalue weighted by atomic mass is 28.3. The van der Waals surface area contributed by atoms with Crippen molar-refractivity contribution in [2.24, 2.45) is 0 Å². The summed E-state index contributed by atoms with van der Waals surface area (Å²) in [5.41, 5.74) is 1.28. The summed E-state index contributed by atoms with van der Waals surface area (Å²) in [4.78, 5) is 8.48. The van der Waals surface area contributed by atoms with Gasteiger partial charge in [0.15, 0.2) is 5.65 Å². The van der Waals surface area contributed by atoms with Gasteiger partial charge in [-0.15, -0.1) is 5.10 Å². The number of rotatable bonds is 1. The van der Waals surface area contributed by atoms with Crippen LogP contribution in [0.3, 0.4) is 0 Å². The number of nitrogens with zero attached hydrogens (tertiary/aromatic N) is 4.